The Morgan fingerprint density at radius 2 is 2.00 bits per heavy atom. The summed E-state index contributed by atoms with van der Waals surface area (Å²) in [6.07, 6.45) is 3.99. The molecule has 1 aromatic carbocycles. The van der Waals surface area contributed by atoms with Crippen LogP contribution in [0.3, 0.4) is 0 Å². The standard InChI is InChI=1S/C30H33F3N2O4/c1-3-38-29(37)35-23-10-11-24-20(14-23)15-26-27(17(2)39-28(26)36)25(24)12-9-22-8-7-19(16-34-22)18-5-4-6-21(13-18)30(31,32)33/h4-9,12-13,16-17,20,23-27H,3,10-11,14-15H2,1-2H3,(H,35,37)/t17-,20+,23-,24-,25+,26-,27+/m1/s1. The van der Waals surface area contributed by atoms with E-state index in [1.54, 1.807) is 31.3 Å². The van der Waals surface area contributed by atoms with Gasteiger partial charge in [0.25, 0.3) is 0 Å². The smallest absolute Gasteiger partial charge is 0.416 e. The highest BCUT2D eigenvalue weighted by atomic mass is 19.4. The maximum atomic E-state index is 13.1. The summed E-state index contributed by atoms with van der Waals surface area (Å²) in [5.74, 6) is 0.499. The van der Waals surface area contributed by atoms with Crippen molar-refractivity contribution in [3.63, 3.8) is 0 Å². The Labute approximate surface area is 226 Å². The van der Waals surface area contributed by atoms with Crippen molar-refractivity contribution in [2.75, 3.05) is 6.61 Å². The molecule has 1 amide bonds. The number of amides is 1. The number of nitrogens with one attached hydrogen (secondary N) is 1. The third-order valence-corrected chi connectivity index (χ3v) is 8.54. The summed E-state index contributed by atoms with van der Waals surface area (Å²) in [5, 5.41) is 2.97. The Balaban J connectivity index is 1.34. The van der Waals surface area contributed by atoms with Gasteiger partial charge in [-0.05, 0) is 87.1 Å². The van der Waals surface area contributed by atoms with E-state index in [1.807, 2.05) is 13.0 Å². The molecule has 2 heterocycles. The number of rotatable bonds is 5. The molecule has 6 nitrogen and oxygen atoms in total. The van der Waals surface area contributed by atoms with Crippen LogP contribution >= 0.6 is 0 Å². The van der Waals surface area contributed by atoms with Crippen LogP contribution in [0.4, 0.5) is 18.0 Å². The molecule has 0 radical (unpaired) electrons. The number of carbonyl (C=O) groups excluding carboxylic acids is 2. The van der Waals surface area contributed by atoms with Gasteiger partial charge in [0, 0.05) is 23.7 Å². The number of ether oxygens (including phenoxy) is 2. The zero-order valence-corrected chi connectivity index (χ0v) is 22.0. The third kappa shape index (κ3) is 5.82. The first-order valence-corrected chi connectivity index (χ1v) is 13.6. The Morgan fingerprint density at radius 1 is 1.18 bits per heavy atom. The van der Waals surface area contributed by atoms with Gasteiger partial charge in [0.15, 0.2) is 0 Å². The van der Waals surface area contributed by atoms with Crippen molar-refractivity contribution >= 4 is 18.1 Å². The number of fused-ring (bicyclic) bond motifs is 2. The molecule has 9 heteroatoms. The van der Waals surface area contributed by atoms with Gasteiger partial charge in [0.05, 0.1) is 23.8 Å². The summed E-state index contributed by atoms with van der Waals surface area (Å²) in [7, 11) is 0. The van der Waals surface area contributed by atoms with Crippen molar-refractivity contribution in [1.82, 2.24) is 10.3 Å². The molecule has 5 rings (SSSR count). The number of hydrogen-bond donors (Lipinski definition) is 1. The molecule has 2 saturated carbocycles. The molecular weight excluding hydrogens is 509 g/mol. The SMILES string of the molecule is CCOC(=O)N[C@@H]1CC[C@@H]2[C@@H](C1)C[C@H]1C(=O)O[C@H](C)[C@H]1[C@H]2C=Cc1ccc(-c2cccc(C(F)(F)F)c2)cn1. The van der Waals surface area contributed by atoms with E-state index in [0.29, 0.717) is 29.3 Å². The number of aromatic nitrogens is 1. The van der Waals surface area contributed by atoms with E-state index in [4.69, 9.17) is 9.47 Å². The van der Waals surface area contributed by atoms with E-state index in [0.717, 1.165) is 37.8 Å². The molecule has 0 spiro atoms. The normalized spacial score (nSPS) is 30.4. The van der Waals surface area contributed by atoms with Crippen LogP contribution in [0.1, 0.15) is 50.8 Å². The van der Waals surface area contributed by atoms with Crippen molar-refractivity contribution in [2.45, 2.75) is 57.9 Å². The monoisotopic (exact) mass is 542 g/mol. The van der Waals surface area contributed by atoms with Crippen LogP contribution in [-0.2, 0) is 20.4 Å². The second-order valence-electron chi connectivity index (χ2n) is 10.8. The van der Waals surface area contributed by atoms with E-state index in [1.165, 1.54) is 6.07 Å². The minimum Gasteiger partial charge on any atom is -0.462 e. The van der Waals surface area contributed by atoms with Crippen LogP contribution in [0.15, 0.2) is 48.7 Å². The number of pyridine rings is 1. The fourth-order valence-electron chi connectivity index (χ4n) is 6.85. The van der Waals surface area contributed by atoms with E-state index in [9.17, 15) is 22.8 Å². The second kappa shape index (κ2) is 11.0. The minimum atomic E-state index is -4.40. The van der Waals surface area contributed by atoms with E-state index < -0.39 is 17.8 Å². The zero-order chi connectivity index (χ0) is 27.7. The average molecular weight is 543 g/mol. The van der Waals surface area contributed by atoms with Gasteiger partial charge in [-0.1, -0.05) is 24.3 Å². The van der Waals surface area contributed by atoms with Gasteiger partial charge in [-0.25, -0.2) is 4.79 Å². The number of cyclic esters (lactones) is 1. The number of carbonyl (C=O) groups is 2. The van der Waals surface area contributed by atoms with E-state index in [2.05, 4.69) is 16.4 Å². The molecule has 0 unspecified atom stereocenters. The van der Waals surface area contributed by atoms with Crippen LogP contribution in [0, 0.1) is 29.6 Å². The van der Waals surface area contributed by atoms with Crippen molar-refractivity contribution in [3.05, 3.63) is 59.9 Å². The predicted molar refractivity (Wildman–Crippen MR) is 139 cm³/mol. The fraction of sp³-hybridized carbons (Fsp3) is 0.500. The van der Waals surface area contributed by atoms with Crippen molar-refractivity contribution in [1.29, 1.82) is 0 Å². The van der Waals surface area contributed by atoms with Crippen molar-refractivity contribution in [2.24, 2.45) is 29.6 Å². The quantitative estimate of drug-likeness (QED) is 0.436. The van der Waals surface area contributed by atoms with Gasteiger partial charge in [0.1, 0.15) is 6.10 Å². The Kier molecular flexibility index (Phi) is 7.69. The van der Waals surface area contributed by atoms with Crippen LogP contribution in [0.25, 0.3) is 17.2 Å². The lowest BCUT2D eigenvalue weighted by Crippen LogP contribution is -2.48. The lowest BCUT2D eigenvalue weighted by molar-refractivity contribution is -0.144. The van der Waals surface area contributed by atoms with Gasteiger partial charge in [-0.3, -0.25) is 9.78 Å². The number of hydrogen-bond acceptors (Lipinski definition) is 5. The van der Waals surface area contributed by atoms with Gasteiger partial charge in [-0.2, -0.15) is 13.2 Å². The lowest BCUT2D eigenvalue weighted by Gasteiger charge is -2.47. The molecule has 2 aliphatic carbocycles. The van der Waals surface area contributed by atoms with Crippen LogP contribution in [0.5, 0.6) is 0 Å². The van der Waals surface area contributed by atoms with Gasteiger partial charge in [-0.15, -0.1) is 0 Å². The molecule has 1 N–H and O–H groups in total. The van der Waals surface area contributed by atoms with Crippen LogP contribution in [0.2, 0.25) is 0 Å². The van der Waals surface area contributed by atoms with E-state index >= 15 is 0 Å². The second-order valence-corrected chi connectivity index (χ2v) is 10.8. The number of allylic oxidation sites excluding steroid dienone is 1. The van der Waals surface area contributed by atoms with Gasteiger partial charge >= 0.3 is 18.2 Å². The first kappa shape index (κ1) is 27.2. The number of halogens is 3. The maximum absolute atomic E-state index is 13.1. The van der Waals surface area contributed by atoms with Crippen molar-refractivity contribution in [3.8, 4) is 11.1 Å². The average Bonchev–Trinajstić information content (AvgIpc) is 3.19. The van der Waals surface area contributed by atoms with Gasteiger partial charge < -0.3 is 14.8 Å². The highest BCUT2D eigenvalue weighted by Crippen LogP contribution is 2.53. The Morgan fingerprint density at radius 3 is 2.72 bits per heavy atom. The molecule has 3 fully saturated rings. The lowest BCUT2D eigenvalue weighted by atomic mass is 9.57. The van der Waals surface area contributed by atoms with E-state index in [-0.39, 0.29) is 41.8 Å². The molecule has 1 saturated heterocycles. The van der Waals surface area contributed by atoms with Crippen LogP contribution < -0.4 is 5.32 Å². The highest BCUT2D eigenvalue weighted by Gasteiger charge is 2.54. The maximum Gasteiger partial charge on any atom is 0.416 e. The molecule has 0 bridgehead atoms. The highest BCUT2D eigenvalue weighted by molar-refractivity contribution is 5.75. The number of alkyl carbamates (subject to hydrolysis) is 1. The molecule has 1 aliphatic heterocycles. The fourth-order valence-corrected chi connectivity index (χ4v) is 6.85. The molecule has 208 valence electrons. The summed E-state index contributed by atoms with van der Waals surface area (Å²) in [4.78, 5) is 29.2. The number of esters is 1. The minimum absolute atomic E-state index is 0.0198. The van der Waals surface area contributed by atoms with Crippen LogP contribution in [-0.4, -0.2) is 35.8 Å². The summed E-state index contributed by atoms with van der Waals surface area (Å²) in [6, 6.07) is 8.79. The first-order chi connectivity index (χ1) is 18.6. The summed E-state index contributed by atoms with van der Waals surface area (Å²) < 4.78 is 50.1. The molecular formula is C30H33F3N2O4. The first-order valence-electron chi connectivity index (χ1n) is 13.6. The van der Waals surface area contributed by atoms with Gasteiger partial charge in [0.2, 0.25) is 0 Å². The zero-order valence-electron chi connectivity index (χ0n) is 22.0. The Hall–Kier alpha value is -3.36. The van der Waals surface area contributed by atoms with Crippen molar-refractivity contribution < 1.29 is 32.2 Å². The molecule has 7 atom stereocenters. The largest absolute Gasteiger partial charge is 0.462 e. The molecule has 1 aromatic heterocycles. The predicted octanol–water partition coefficient (Wildman–Crippen LogP) is 6.51. The number of alkyl halides is 3. The molecule has 39 heavy (non-hydrogen) atoms. The Bertz CT molecular complexity index is 1230. The topological polar surface area (TPSA) is 77.5 Å². The summed E-state index contributed by atoms with van der Waals surface area (Å²) >= 11 is 0. The third-order valence-electron chi connectivity index (χ3n) is 8.54. The summed E-state index contributed by atoms with van der Waals surface area (Å²) in [6.45, 7) is 4.05. The summed E-state index contributed by atoms with van der Waals surface area (Å²) in [5.41, 5.74) is 1.06. The molecule has 2 aromatic rings. The number of nitrogens with zero attached hydrogens (tertiary/aromatic N) is 1. The number of benzene rings is 1. The molecule has 3 aliphatic rings.